The summed E-state index contributed by atoms with van der Waals surface area (Å²) in [7, 11) is 0. The number of rotatable bonds is 5. The van der Waals surface area contributed by atoms with Crippen molar-refractivity contribution in [3.05, 3.63) is 0 Å². The molecule has 0 amide bonds. The molecule has 7 nitrogen and oxygen atoms in total. The number of hydrogen-bond acceptors (Lipinski definition) is 7. The molecule has 10 heteroatoms. The van der Waals surface area contributed by atoms with Gasteiger partial charge in [-0.25, -0.2) is 0 Å². The number of carbonyl (C=O) groups is 3. The molecular formula is C6H5Au2KO7+4. The van der Waals surface area contributed by atoms with Gasteiger partial charge in [-0.3, -0.25) is 0 Å². The van der Waals surface area contributed by atoms with Gasteiger partial charge in [0.1, 0.15) is 5.60 Å². The zero-order valence-electron chi connectivity index (χ0n) is 7.91. The van der Waals surface area contributed by atoms with Crippen molar-refractivity contribution in [1.29, 1.82) is 0 Å². The van der Waals surface area contributed by atoms with E-state index in [1.165, 1.54) is 0 Å². The van der Waals surface area contributed by atoms with Crippen molar-refractivity contribution in [2.75, 3.05) is 0 Å². The standard InChI is InChI=1S/C6H8O7.2Au.K/c7-3(8)1-6(13,5(11)12)2-4(9)10;;;/h13H,1-2H2,(H,7,8)(H,9,10)(H,11,12);;;/q;2*+3;+1/p-3. The van der Waals surface area contributed by atoms with Gasteiger partial charge in [0.25, 0.3) is 0 Å². The van der Waals surface area contributed by atoms with Crippen molar-refractivity contribution >= 4 is 17.9 Å². The number of carboxylic acid groups (broad SMARTS) is 3. The Morgan fingerprint density at radius 3 is 1.31 bits per heavy atom. The summed E-state index contributed by atoms with van der Waals surface area (Å²) in [5.41, 5.74) is -2.97. The predicted molar refractivity (Wildman–Crippen MR) is 29.2 cm³/mol. The summed E-state index contributed by atoms with van der Waals surface area (Å²) in [6.45, 7) is 0. The van der Waals surface area contributed by atoms with E-state index in [0.717, 1.165) is 0 Å². The van der Waals surface area contributed by atoms with E-state index in [1.807, 2.05) is 0 Å². The van der Waals surface area contributed by atoms with E-state index >= 15 is 0 Å². The first kappa shape index (κ1) is 26.1. The molecule has 0 saturated carbocycles. The van der Waals surface area contributed by atoms with Gasteiger partial charge < -0.3 is 34.8 Å². The van der Waals surface area contributed by atoms with Gasteiger partial charge in [-0.05, 0) is 0 Å². The SMILES string of the molecule is O=C([O-])CC(O)(CC(=O)[O-])C(=O)[O-].[Au+3].[Au+3].[K+]. The molecule has 90 valence electrons. The van der Waals surface area contributed by atoms with Gasteiger partial charge in [-0.15, -0.1) is 0 Å². The molecule has 16 heavy (non-hydrogen) atoms. The van der Waals surface area contributed by atoms with Gasteiger partial charge in [-0.2, -0.15) is 0 Å². The Balaban J connectivity index is -0.000000240. The van der Waals surface area contributed by atoms with Gasteiger partial charge in [0.15, 0.2) is 0 Å². The molecule has 0 heterocycles. The van der Waals surface area contributed by atoms with E-state index in [4.69, 9.17) is 5.11 Å². The Hall–Kier alpha value is 1.49. The van der Waals surface area contributed by atoms with Crippen LogP contribution in [0.1, 0.15) is 12.8 Å². The number of aliphatic carboxylic acids is 3. The second-order valence-corrected chi connectivity index (χ2v) is 2.42. The third-order valence-electron chi connectivity index (χ3n) is 1.25. The molecule has 0 fully saturated rings. The zero-order valence-corrected chi connectivity index (χ0v) is 15.4. The molecule has 0 bridgehead atoms. The van der Waals surface area contributed by atoms with Crippen LogP contribution in [-0.4, -0.2) is 28.6 Å². The molecule has 0 aliphatic rings. The maximum Gasteiger partial charge on any atom is 3.00 e. The predicted octanol–water partition coefficient (Wildman–Crippen LogP) is -8.25. The van der Waals surface area contributed by atoms with Crippen molar-refractivity contribution in [1.82, 2.24) is 0 Å². The Labute approximate surface area is 164 Å². The first-order valence-corrected chi connectivity index (χ1v) is 3.11. The second kappa shape index (κ2) is 11.6. The van der Waals surface area contributed by atoms with Gasteiger partial charge in [-0.1, -0.05) is 0 Å². The smallest absolute Gasteiger partial charge is 0.550 e. The first-order chi connectivity index (χ1) is 5.78. The van der Waals surface area contributed by atoms with Crippen molar-refractivity contribution in [3.63, 3.8) is 0 Å². The number of carboxylic acids is 3. The van der Waals surface area contributed by atoms with Crippen LogP contribution in [-0.2, 0) is 59.1 Å². The maximum absolute atomic E-state index is 10.1. The van der Waals surface area contributed by atoms with Crippen molar-refractivity contribution in [3.8, 4) is 0 Å². The minimum atomic E-state index is -2.97. The average Bonchev–Trinajstić information content (AvgIpc) is 1.82. The molecule has 0 spiro atoms. The molecule has 0 unspecified atom stereocenters. The largest absolute Gasteiger partial charge is 3.00 e. The van der Waals surface area contributed by atoms with Crippen LogP contribution >= 0.6 is 0 Å². The van der Waals surface area contributed by atoms with Crippen molar-refractivity contribution in [2.45, 2.75) is 18.4 Å². The Morgan fingerprint density at radius 1 is 0.938 bits per heavy atom. The normalized spacial score (nSPS) is 8.81. The summed E-state index contributed by atoms with van der Waals surface area (Å²) < 4.78 is 0. The Morgan fingerprint density at radius 2 is 1.19 bits per heavy atom. The third-order valence-corrected chi connectivity index (χ3v) is 1.25. The van der Waals surface area contributed by atoms with Crippen LogP contribution in [0.25, 0.3) is 0 Å². The summed E-state index contributed by atoms with van der Waals surface area (Å²) >= 11 is 0. The van der Waals surface area contributed by atoms with Gasteiger partial charge in [0.2, 0.25) is 0 Å². The molecule has 0 rings (SSSR count). The van der Waals surface area contributed by atoms with E-state index in [2.05, 4.69) is 0 Å². The van der Waals surface area contributed by atoms with Crippen LogP contribution < -0.4 is 66.7 Å². The fourth-order valence-electron chi connectivity index (χ4n) is 0.684. The average molecular weight is 622 g/mol. The summed E-state index contributed by atoms with van der Waals surface area (Å²) in [6.07, 6.45) is -2.72. The van der Waals surface area contributed by atoms with Crippen LogP contribution in [0.3, 0.4) is 0 Å². The zero-order chi connectivity index (χ0) is 10.6. The van der Waals surface area contributed by atoms with Gasteiger partial charge in [0.05, 0.1) is 5.97 Å². The topological polar surface area (TPSA) is 141 Å². The van der Waals surface area contributed by atoms with Gasteiger partial charge >= 0.3 is 96.1 Å². The Bertz CT molecular complexity index is 241. The number of aliphatic hydroxyl groups is 1. The van der Waals surface area contributed by atoms with Crippen LogP contribution in [0, 0.1) is 0 Å². The maximum atomic E-state index is 10.1. The first-order valence-electron chi connectivity index (χ1n) is 3.11. The Kier molecular flexibility index (Phi) is 18.9. The minimum Gasteiger partial charge on any atom is -0.550 e. The molecule has 0 aromatic heterocycles. The molecule has 0 aromatic carbocycles. The minimum absolute atomic E-state index is 0. The van der Waals surface area contributed by atoms with E-state index in [1.54, 1.807) is 0 Å². The van der Waals surface area contributed by atoms with Crippen LogP contribution in [0.2, 0.25) is 0 Å². The molecule has 0 radical (unpaired) electrons. The summed E-state index contributed by atoms with van der Waals surface area (Å²) in [6, 6.07) is 0. The van der Waals surface area contributed by atoms with E-state index in [9.17, 15) is 29.7 Å². The molecule has 0 aliphatic carbocycles. The fourth-order valence-corrected chi connectivity index (χ4v) is 0.684. The number of hydrogen-bond donors (Lipinski definition) is 1. The molecule has 1 N–H and O–H groups in total. The van der Waals surface area contributed by atoms with Crippen LogP contribution in [0.4, 0.5) is 0 Å². The van der Waals surface area contributed by atoms with Gasteiger partial charge in [0, 0.05) is 24.8 Å². The van der Waals surface area contributed by atoms with E-state index in [-0.39, 0.29) is 96.1 Å². The number of carbonyl (C=O) groups excluding carboxylic acids is 3. The molecule has 0 atom stereocenters. The van der Waals surface area contributed by atoms with Crippen LogP contribution in [0.5, 0.6) is 0 Å². The molecule has 0 saturated heterocycles. The van der Waals surface area contributed by atoms with E-state index in [0.29, 0.717) is 0 Å². The van der Waals surface area contributed by atoms with Crippen molar-refractivity contribution < 1.29 is 131 Å². The summed E-state index contributed by atoms with van der Waals surface area (Å²) in [4.78, 5) is 30.0. The molecule has 0 aliphatic heterocycles. The fraction of sp³-hybridized carbons (Fsp3) is 0.500. The summed E-state index contributed by atoms with van der Waals surface area (Å²) in [5, 5.41) is 38.9. The van der Waals surface area contributed by atoms with Crippen LogP contribution in [0.15, 0.2) is 0 Å². The quantitative estimate of drug-likeness (QED) is 0.301. The molecular weight excluding hydrogens is 617 g/mol. The van der Waals surface area contributed by atoms with E-state index < -0.39 is 36.4 Å². The molecule has 0 aromatic rings. The third kappa shape index (κ3) is 10.6. The monoisotopic (exact) mass is 622 g/mol. The van der Waals surface area contributed by atoms with Crippen molar-refractivity contribution in [2.24, 2.45) is 0 Å². The summed E-state index contributed by atoms with van der Waals surface area (Å²) in [5.74, 6) is -5.98. The second-order valence-electron chi connectivity index (χ2n) is 2.42.